The molecule has 3 heteroatoms. The number of H-pyrrole nitrogens is 1. The average Bonchev–Trinajstić information content (AvgIpc) is 2.44. The van der Waals surface area contributed by atoms with Gasteiger partial charge >= 0.3 is 0 Å². The molecule has 0 aliphatic heterocycles. The first-order chi connectivity index (χ1) is 4.92. The quantitative estimate of drug-likeness (QED) is 0.567. The smallest absolute Gasteiger partial charge is 0.139 e. The molecule has 0 saturated carbocycles. The van der Waals surface area contributed by atoms with E-state index in [1.165, 1.54) is 0 Å². The molecule has 3 nitrogen and oxygen atoms in total. The summed E-state index contributed by atoms with van der Waals surface area (Å²) in [6, 6.07) is 2.05. The van der Waals surface area contributed by atoms with E-state index in [9.17, 15) is 0 Å². The van der Waals surface area contributed by atoms with Gasteiger partial charge in [0.1, 0.15) is 11.8 Å². The Balaban J connectivity index is 2.63. The summed E-state index contributed by atoms with van der Waals surface area (Å²) in [4.78, 5) is 0. The Kier molecular flexibility index (Phi) is 0.896. The Morgan fingerprint density at radius 1 is 1.70 bits per heavy atom. The summed E-state index contributed by atoms with van der Waals surface area (Å²) in [5, 5.41) is 15.1. The highest BCUT2D eigenvalue weighted by atomic mass is 15.1. The minimum atomic E-state index is 0.597. The van der Waals surface area contributed by atoms with Gasteiger partial charge < -0.3 is 0 Å². The van der Waals surface area contributed by atoms with E-state index in [-0.39, 0.29) is 0 Å². The van der Waals surface area contributed by atoms with Gasteiger partial charge in [0.2, 0.25) is 0 Å². The van der Waals surface area contributed by atoms with Crippen molar-refractivity contribution in [3.05, 3.63) is 23.0 Å². The van der Waals surface area contributed by atoms with Crippen LogP contribution in [0.4, 0.5) is 0 Å². The molecule has 1 aromatic rings. The lowest BCUT2D eigenvalue weighted by molar-refractivity contribution is 1.06. The minimum Gasteiger partial charge on any atom is -0.267 e. The summed E-state index contributed by atoms with van der Waals surface area (Å²) < 4.78 is 0. The number of allylic oxidation sites excluding steroid dienone is 1. The predicted molar refractivity (Wildman–Crippen MR) is 36.0 cm³/mol. The highest BCUT2D eigenvalue weighted by Crippen LogP contribution is 2.18. The number of hydrogen-bond acceptors (Lipinski definition) is 2. The second kappa shape index (κ2) is 1.71. The predicted octanol–water partition coefficient (Wildman–Crippen LogP) is 0.851. The van der Waals surface area contributed by atoms with Gasteiger partial charge in [-0.1, -0.05) is 6.08 Å². The second-order valence-electron chi connectivity index (χ2n) is 2.18. The molecule has 2 rings (SSSR count). The minimum absolute atomic E-state index is 0.597. The Morgan fingerprint density at radius 3 is 3.40 bits per heavy atom. The number of aromatic nitrogens is 2. The highest BCUT2D eigenvalue weighted by molar-refractivity contribution is 5.59. The van der Waals surface area contributed by atoms with Crippen molar-refractivity contribution in [1.29, 1.82) is 5.26 Å². The lowest BCUT2D eigenvalue weighted by Crippen LogP contribution is -1.80. The van der Waals surface area contributed by atoms with Crippen molar-refractivity contribution in [2.75, 3.05) is 0 Å². The van der Waals surface area contributed by atoms with Gasteiger partial charge in [-0.05, 0) is 12.5 Å². The number of nitrogens with one attached hydrogen (secondary N) is 1. The lowest BCUT2D eigenvalue weighted by Gasteiger charge is -1.83. The van der Waals surface area contributed by atoms with Crippen molar-refractivity contribution < 1.29 is 0 Å². The van der Waals surface area contributed by atoms with E-state index in [1.54, 1.807) is 0 Å². The van der Waals surface area contributed by atoms with Crippen LogP contribution in [-0.4, -0.2) is 10.2 Å². The maximum absolute atomic E-state index is 8.54. The topological polar surface area (TPSA) is 52.5 Å². The van der Waals surface area contributed by atoms with Crippen LogP contribution in [-0.2, 0) is 6.42 Å². The van der Waals surface area contributed by atoms with Crippen molar-refractivity contribution in [3.63, 3.8) is 0 Å². The van der Waals surface area contributed by atoms with Crippen LogP contribution in [0.15, 0.2) is 6.08 Å². The highest BCUT2D eigenvalue weighted by Gasteiger charge is 2.12. The molecular formula is C7H5N3. The van der Waals surface area contributed by atoms with Gasteiger partial charge in [-0.2, -0.15) is 10.4 Å². The maximum atomic E-state index is 8.54. The summed E-state index contributed by atoms with van der Waals surface area (Å²) in [5.41, 5.74) is 2.54. The molecule has 10 heavy (non-hydrogen) atoms. The van der Waals surface area contributed by atoms with Gasteiger partial charge in [0.15, 0.2) is 0 Å². The van der Waals surface area contributed by atoms with E-state index in [2.05, 4.69) is 10.2 Å². The second-order valence-corrected chi connectivity index (χ2v) is 2.18. The van der Waals surface area contributed by atoms with Crippen LogP contribution in [0, 0.1) is 11.3 Å². The van der Waals surface area contributed by atoms with Crippen LogP contribution in [0.2, 0.25) is 0 Å². The molecule has 1 aliphatic carbocycles. The third-order valence-corrected chi connectivity index (χ3v) is 1.61. The fraction of sp³-hybridized carbons (Fsp3) is 0.143. The number of hydrogen-bond donors (Lipinski definition) is 1. The normalized spacial score (nSPS) is 13.1. The molecule has 0 bridgehead atoms. The van der Waals surface area contributed by atoms with Crippen LogP contribution in [0.5, 0.6) is 0 Å². The molecule has 48 valence electrons. The molecule has 1 aliphatic rings. The number of rotatable bonds is 0. The number of aromatic amines is 1. The Bertz CT molecular complexity index is 327. The Labute approximate surface area is 58.0 Å². The average molecular weight is 131 g/mol. The van der Waals surface area contributed by atoms with Crippen LogP contribution in [0.3, 0.4) is 0 Å². The summed E-state index contributed by atoms with van der Waals surface area (Å²) in [6.45, 7) is 0. The third kappa shape index (κ3) is 0.504. The summed E-state index contributed by atoms with van der Waals surface area (Å²) >= 11 is 0. The zero-order valence-electron chi connectivity index (χ0n) is 5.26. The standard InChI is InChI=1S/C7H5N3/c8-4-7-5-2-1-3-6(5)9-10-7/h1,3H,2H2,(H,9,10). The molecule has 0 atom stereocenters. The van der Waals surface area contributed by atoms with E-state index in [1.807, 2.05) is 18.2 Å². The van der Waals surface area contributed by atoms with Crippen molar-refractivity contribution in [2.45, 2.75) is 6.42 Å². The lowest BCUT2D eigenvalue weighted by atomic mass is 10.2. The van der Waals surface area contributed by atoms with Crippen molar-refractivity contribution in [1.82, 2.24) is 10.2 Å². The van der Waals surface area contributed by atoms with Gasteiger partial charge in [-0.25, -0.2) is 0 Å². The van der Waals surface area contributed by atoms with Crippen LogP contribution >= 0.6 is 0 Å². The van der Waals surface area contributed by atoms with E-state index in [0.29, 0.717) is 5.69 Å². The van der Waals surface area contributed by atoms with Gasteiger partial charge in [-0.3, -0.25) is 5.10 Å². The fourth-order valence-electron chi connectivity index (χ4n) is 1.10. The molecule has 0 aromatic carbocycles. The Hall–Kier alpha value is -1.56. The van der Waals surface area contributed by atoms with Gasteiger partial charge in [0, 0.05) is 5.56 Å². The van der Waals surface area contributed by atoms with Crippen molar-refractivity contribution in [2.24, 2.45) is 0 Å². The molecule has 0 fully saturated rings. The fourth-order valence-corrected chi connectivity index (χ4v) is 1.10. The van der Waals surface area contributed by atoms with Gasteiger partial charge in [0.25, 0.3) is 0 Å². The molecule has 1 heterocycles. The Morgan fingerprint density at radius 2 is 2.60 bits per heavy atom. The first-order valence-corrected chi connectivity index (χ1v) is 3.05. The number of fused-ring (bicyclic) bond motifs is 1. The van der Waals surface area contributed by atoms with E-state index in [4.69, 9.17) is 5.26 Å². The van der Waals surface area contributed by atoms with Crippen LogP contribution in [0.1, 0.15) is 17.0 Å². The van der Waals surface area contributed by atoms with Crippen LogP contribution < -0.4 is 0 Å². The zero-order chi connectivity index (χ0) is 6.97. The van der Waals surface area contributed by atoms with Crippen molar-refractivity contribution in [3.8, 4) is 6.07 Å². The molecule has 0 saturated heterocycles. The molecule has 0 unspecified atom stereocenters. The summed E-state index contributed by atoms with van der Waals surface area (Å²) in [7, 11) is 0. The number of nitrogens with zero attached hydrogens (tertiary/aromatic N) is 2. The van der Waals surface area contributed by atoms with Crippen molar-refractivity contribution >= 4 is 6.08 Å². The largest absolute Gasteiger partial charge is 0.267 e. The molecule has 1 N–H and O–H groups in total. The van der Waals surface area contributed by atoms with Gasteiger partial charge in [-0.15, -0.1) is 0 Å². The maximum Gasteiger partial charge on any atom is 0.139 e. The third-order valence-electron chi connectivity index (χ3n) is 1.61. The molecule has 0 spiro atoms. The molecular weight excluding hydrogens is 126 g/mol. The SMILES string of the molecule is N#Cc1[nH]nc2c1CC=C2. The van der Waals surface area contributed by atoms with Gasteiger partial charge in [0.05, 0.1) is 5.69 Å². The summed E-state index contributed by atoms with van der Waals surface area (Å²) in [5.74, 6) is 0. The van der Waals surface area contributed by atoms with E-state index < -0.39 is 0 Å². The monoisotopic (exact) mass is 131 g/mol. The summed E-state index contributed by atoms with van der Waals surface area (Å²) in [6.07, 6.45) is 4.77. The zero-order valence-corrected chi connectivity index (χ0v) is 5.26. The number of nitriles is 1. The first-order valence-electron chi connectivity index (χ1n) is 3.05. The van der Waals surface area contributed by atoms with E-state index in [0.717, 1.165) is 17.7 Å². The van der Waals surface area contributed by atoms with E-state index >= 15 is 0 Å². The van der Waals surface area contributed by atoms with Crippen LogP contribution in [0.25, 0.3) is 6.08 Å². The molecule has 0 amide bonds. The molecule has 0 radical (unpaired) electrons. The molecule has 1 aromatic heterocycles. The first kappa shape index (κ1) is 5.24.